The van der Waals surface area contributed by atoms with Crippen LogP contribution in [0.4, 0.5) is 42.0 Å². The van der Waals surface area contributed by atoms with Gasteiger partial charge in [-0.25, -0.2) is 4.98 Å². The van der Waals surface area contributed by atoms with Gasteiger partial charge in [-0.2, -0.15) is 18.2 Å². The number of rotatable bonds is 9. The molecule has 2 aromatic carbocycles. The number of nitrogens with zero attached hydrogens (tertiary/aromatic N) is 5. The lowest BCUT2D eigenvalue weighted by molar-refractivity contribution is -0.137. The Balaban J connectivity index is 1.59. The molecule has 0 spiro atoms. The van der Waals surface area contributed by atoms with Crippen LogP contribution in [-0.2, 0) is 18.1 Å². The molecule has 1 aliphatic rings. The molecule has 8 nitrogen and oxygen atoms in total. The molecule has 3 aromatic rings. The molecule has 11 heteroatoms. The third-order valence-corrected chi connectivity index (χ3v) is 7.74. The lowest BCUT2D eigenvalue weighted by atomic mass is 9.82. The van der Waals surface area contributed by atoms with Gasteiger partial charge in [0.25, 0.3) is 0 Å². The van der Waals surface area contributed by atoms with Gasteiger partial charge in [-0.1, -0.05) is 32.9 Å². The third kappa shape index (κ3) is 7.62. The zero-order valence-electron chi connectivity index (χ0n) is 26.4. The van der Waals surface area contributed by atoms with E-state index >= 15 is 0 Å². The maximum atomic E-state index is 14.0. The molecule has 0 aliphatic carbocycles. The topological polar surface area (TPSA) is 68.8 Å². The van der Waals surface area contributed by atoms with E-state index in [2.05, 4.69) is 65.0 Å². The predicted octanol–water partition coefficient (Wildman–Crippen LogP) is 6.75. The number of methoxy groups -OCH3 is 1. The normalized spacial score (nSPS) is 14.7. The fourth-order valence-corrected chi connectivity index (χ4v) is 5.53. The van der Waals surface area contributed by atoms with Gasteiger partial charge in [-0.3, -0.25) is 4.90 Å². The molecule has 0 atom stereocenters. The van der Waals surface area contributed by atoms with Crippen LogP contribution in [0.25, 0.3) is 0 Å². The number of benzene rings is 2. The Morgan fingerprint density at radius 3 is 2.30 bits per heavy atom. The Hall–Kier alpha value is -3.73. The lowest BCUT2D eigenvalue weighted by Crippen LogP contribution is -2.48. The molecule has 1 saturated heterocycles. The SMILES string of the molecule is COc1cc(N2CCN(C(C)C)CC2)ccc1Nc1ncc(C(F)(F)F)c(NCc2cccc(N(C)C)c2C(C)(C)C)n1. The summed E-state index contributed by atoms with van der Waals surface area (Å²) in [5.74, 6) is 0.293. The third-order valence-electron chi connectivity index (χ3n) is 7.74. The molecule has 43 heavy (non-hydrogen) atoms. The van der Waals surface area contributed by atoms with Gasteiger partial charge in [0.05, 0.1) is 12.8 Å². The first kappa shape index (κ1) is 32.2. The molecule has 1 aromatic heterocycles. The van der Waals surface area contributed by atoms with Crippen LogP contribution >= 0.6 is 0 Å². The number of nitrogens with one attached hydrogen (secondary N) is 2. The van der Waals surface area contributed by atoms with Crippen LogP contribution in [0.5, 0.6) is 5.75 Å². The predicted molar refractivity (Wildman–Crippen MR) is 169 cm³/mol. The number of piperazine rings is 1. The average molecular weight is 600 g/mol. The molecule has 0 radical (unpaired) electrons. The van der Waals surface area contributed by atoms with Crippen LogP contribution in [0.3, 0.4) is 0 Å². The highest BCUT2D eigenvalue weighted by molar-refractivity contribution is 5.69. The molecule has 0 amide bonds. The minimum absolute atomic E-state index is 0.0326. The highest BCUT2D eigenvalue weighted by Gasteiger charge is 2.35. The van der Waals surface area contributed by atoms with Crippen molar-refractivity contribution in [3.05, 3.63) is 59.3 Å². The number of anilines is 5. The van der Waals surface area contributed by atoms with Crippen molar-refractivity contribution in [2.45, 2.75) is 58.8 Å². The number of halogens is 3. The number of hydrogen-bond donors (Lipinski definition) is 2. The van der Waals surface area contributed by atoms with Gasteiger partial charge in [-0.15, -0.1) is 0 Å². The second-order valence-electron chi connectivity index (χ2n) is 12.4. The van der Waals surface area contributed by atoms with E-state index in [1.165, 1.54) is 0 Å². The first-order valence-corrected chi connectivity index (χ1v) is 14.6. The molecule has 0 unspecified atom stereocenters. The molecule has 0 bridgehead atoms. The van der Waals surface area contributed by atoms with E-state index in [0.717, 1.165) is 54.9 Å². The van der Waals surface area contributed by atoms with Crippen molar-refractivity contribution in [2.24, 2.45) is 0 Å². The summed E-state index contributed by atoms with van der Waals surface area (Å²) in [6.07, 6.45) is -3.81. The van der Waals surface area contributed by atoms with E-state index in [1.54, 1.807) is 7.11 Å². The standard InChI is InChI=1S/C32H44F3N7O/c1-21(2)41-14-16-42(17-15-41)23-12-13-25(27(18-23)43-8)38-30-37-20-24(32(33,34)35)29(39-30)36-19-22-10-9-11-26(40(6)7)28(22)31(3,4)5/h9-13,18,20-21H,14-17,19H2,1-8H3,(H2,36,37,38,39). The van der Waals surface area contributed by atoms with Gasteiger partial charge in [0, 0.05) is 76.5 Å². The van der Waals surface area contributed by atoms with E-state index in [9.17, 15) is 13.2 Å². The van der Waals surface area contributed by atoms with Crippen molar-refractivity contribution >= 4 is 28.8 Å². The van der Waals surface area contributed by atoms with Gasteiger partial charge in [0.2, 0.25) is 5.95 Å². The average Bonchev–Trinajstić information content (AvgIpc) is 2.95. The summed E-state index contributed by atoms with van der Waals surface area (Å²) in [7, 11) is 5.48. The fourth-order valence-electron chi connectivity index (χ4n) is 5.53. The Morgan fingerprint density at radius 1 is 1.02 bits per heavy atom. The van der Waals surface area contributed by atoms with E-state index in [1.807, 2.05) is 55.4 Å². The Kier molecular flexibility index (Phi) is 9.63. The molecule has 4 rings (SSSR count). The van der Waals surface area contributed by atoms with Crippen molar-refractivity contribution < 1.29 is 17.9 Å². The molecule has 1 fully saturated rings. The largest absolute Gasteiger partial charge is 0.494 e. The summed E-state index contributed by atoms with van der Waals surface area (Å²) >= 11 is 0. The number of hydrogen-bond acceptors (Lipinski definition) is 8. The quantitative estimate of drug-likeness (QED) is 0.280. The summed E-state index contributed by atoms with van der Waals surface area (Å²) in [5.41, 5.74) is 3.40. The van der Waals surface area contributed by atoms with E-state index in [-0.39, 0.29) is 23.7 Å². The van der Waals surface area contributed by atoms with E-state index in [0.29, 0.717) is 17.5 Å². The second kappa shape index (κ2) is 12.9. The van der Waals surface area contributed by atoms with Gasteiger partial charge >= 0.3 is 6.18 Å². The number of alkyl halides is 3. The monoisotopic (exact) mass is 599 g/mol. The molecular formula is C32H44F3N7O. The smallest absolute Gasteiger partial charge is 0.421 e. The van der Waals surface area contributed by atoms with Gasteiger partial charge in [0.15, 0.2) is 0 Å². The lowest BCUT2D eigenvalue weighted by Gasteiger charge is -2.38. The van der Waals surface area contributed by atoms with Crippen molar-refractivity contribution in [1.82, 2.24) is 14.9 Å². The van der Waals surface area contributed by atoms with Crippen molar-refractivity contribution in [3.8, 4) is 5.75 Å². The minimum atomic E-state index is -4.63. The first-order chi connectivity index (χ1) is 20.2. The molecule has 0 saturated carbocycles. The van der Waals surface area contributed by atoms with Crippen molar-refractivity contribution in [1.29, 1.82) is 0 Å². The summed E-state index contributed by atoms with van der Waals surface area (Å²) in [4.78, 5) is 15.0. The fraction of sp³-hybridized carbons (Fsp3) is 0.500. The van der Waals surface area contributed by atoms with E-state index < -0.39 is 11.7 Å². The van der Waals surface area contributed by atoms with Gasteiger partial charge in [-0.05, 0) is 48.6 Å². The Morgan fingerprint density at radius 2 is 1.72 bits per heavy atom. The maximum absolute atomic E-state index is 14.0. The summed E-state index contributed by atoms with van der Waals surface area (Å²) in [5, 5.41) is 6.03. The molecule has 2 N–H and O–H groups in total. The number of ether oxygens (including phenoxy) is 1. The molecule has 234 valence electrons. The Bertz CT molecular complexity index is 1390. The highest BCUT2D eigenvalue weighted by Crippen LogP contribution is 2.38. The zero-order chi connectivity index (χ0) is 31.5. The van der Waals surface area contributed by atoms with Crippen LogP contribution in [0, 0.1) is 0 Å². The van der Waals surface area contributed by atoms with E-state index in [4.69, 9.17) is 4.74 Å². The summed E-state index contributed by atoms with van der Waals surface area (Å²) < 4.78 is 47.7. The minimum Gasteiger partial charge on any atom is -0.494 e. The number of aromatic nitrogens is 2. The second-order valence-corrected chi connectivity index (χ2v) is 12.4. The summed E-state index contributed by atoms with van der Waals surface area (Å²) in [6.45, 7) is 14.6. The van der Waals surface area contributed by atoms with Crippen molar-refractivity contribution in [3.63, 3.8) is 0 Å². The summed E-state index contributed by atoms with van der Waals surface area (Å²) in [6, 6.07) is 12.1. The van der Waals surface area contributed by atoms with Crippen LogP contribution in [0.2, 0.25) is 0 Å². The first-order valence-electron chi connectivity index (χ1n) is 14.6. The van der Waals surface area contributed by atoms with Crippen LogP contribution < -0.4 is 25.2 Å². The maximum Gasteiger partial charge on any atom is 0.421 e. The molecular weight excluding hydrogens is 555 g/mol. The Labute approximate surface area is 253 Å². The van der Waals surface area contributed by atoms with Crippen LogP contribution in [0.15, 0.2) is 42.6 Å². The van der Waals surface area contributed by atoms with Gasteiger partial charge < -0.3 is 25.2 Å². The van der Waals surface area contributed by atoms with Crippen molar-refractivity contribution in [2.75, 3.05) is 67.8 Å². The molecule has 2 heterocycles. The zero-order valence-corrected chi connectivity index (χ0v) is 26.4. The highest BCUT2D eigenvalue weighted by atomic mass is 19.4. The van der Waals surface area contributed by atoms with Crippen LogP contribution in [-0.4, -0.2) is 68.3 Å². The molecule has 1 aliphatic heterocycles. The van der Waals surface area contributed by atoms with Gasteiger partial charge in [0.1, 0.15) is 17.1 Å². The van der Waals surface area contributed by atoms with Crippen LogP contribution in [0.1, 0.15) is 51.3 Å².